The van der Waals surface area contributed by atoms with Gasteiger partial charge in [-0.05, 0) is 56.3 Å². The van der Waals surface area contributed by atoms with Crippen molar-refractivity contribution in [3.05, 3.63) is 66.6 Å². The number of benzene rings is 1. The number of hydrogen-bond acceptors (Lipinski definition) is 5. The molecule has 1 aliphatic heterocycles. The van der Waals surface area contributed by atoms with Gasteiger partial charge in [-0.1, -0.05) is 18.6 Å². The molecule has 1 amide bonds. The molecule has 156 valence electrons. The minimum absolute atomic E-state index is 0.0561. The Morgan fingerprint density at radius 2 is 2.00 bits per heavy atom. The van der Waals surface area contributed by atoms with Gasteiger partial charge in [0.05, 0.1) is 17.2 Å². The summed E-state index contributed by atoms with van der Waals surface area (Å²) in [6.07, 6.45) is 6.53. The summed E-state index contributed by atoms with van der Waals surface area (Å²) < 4.78 is 34.0. The Morgan fingerprint density at radius 1 is 1.21 bits per heavy atom. The number of sulfonamides is 1. The predicted octanol–water partition coefficient (Wildman–Crippen LogP) is 2.70. The third-order valence-corrected chi connectivity index (χ3v) is 6.40. The van der Waals surface area contributed by atoms with E-state index < -0.39 is 10.0 Å². The minimum Gasteiger partial charge on any atom is -0.468 e. The number of piperidine rings is 1. The predicted molar refractivity (Wildman–Crippen MR) is 111 cm³/mol. The van der Waals surface area contributed by atoms with Crippen molar-refractivity contribution in [3.63, 3.8) is 0 Å². The molecular formula is C21H27N3O4S. The Bertz CT molecular complexity index is 919. The van der Waals surface area contributed by atoms with Crippen LogP contribution in [-0.2, 0) is 10.0 Å². The van der Waals surface area contributed by atoms with Gasteiger partial charge in [-0.3, -0.25) is 9.69 Å². The molecule has 0 bridgehead atoms. The van der Waals surface area contributed by atoms with Gasteiger partial charge < -0.3 is 9.73 Å². The van der Waals surface area contributed by atoms with Crippen LogP contribution in [0.4, 0.5) is 0 Å². The fourth-order valence-corrected chi connectivity index (χ4v) is 4.55. The molecule has 2 heterocycles. The molecule has 3 rings (SSSR count). The molecule has 0 aliphatic carbocycles. The number of carbonyl (C=O) groups is 1. The Kier molecular flexibility index (Phi) is 7.24. The van der Waals surface area contributed by atoms with Crippen LogP contribution in [0.25, 0.3) is 0 Å². The van der Waals surface area contributed by atoms with E-state index in [2.05, 4.69) is 21.5 Å². The number of furan rings is 1. The summed E-state index contributed by atoms with van der Waals surface area (Å²) in [6, 6.07) is 9.52. The average Bonchev–Trinajstić information content (AvgIpc) is 3.27. The monoisotopic (exact) mass is 417 g/mol. The first-order valence-electron chi connectivity index (χ1n) is 9.77. The van der Waals surface area contributed by atoms with Crippen LogP contribution in [0.1, 0.15) is 41.4 Å². The first kappa shape index (κ1) is 21.3. The van der Waals surface area contributed by atoms with E-state index in [1.807, 2.05) is 12.1 Å². The fourth-order valence-electron chi connectivity index (χ4n) is 3.46. The maximum absolute atomic E-state index is 12.9. The van der Waals surface area contributed by atoms with Crippen molar-refractivity contribution in [2.45, 2.75) is 30.2 Å². The fraction of sp³-hybridized carbons (Fsp3) is 0.381. The summed E-state index contributed by atoms with van der Waals surface area (Å²) in [4.78, 5) is 14.4. The van der Waals surface area contributed by atoms with E-state index in [1.165, 1.54) is 18.6 Å². The van der Waals surface area contributed by atoms with Crippen LogP contribution in [0, 0.1) is 0 Å². The summed E-state index contributed by atoms with van der Waals surface area (Å²) in [5.41, 5.74) is 0.286. The highest BCUT2D eigenvalue weighted by Gasteiger charge is 2.26. The van der Waals surface area contributed by atoms with Crippen LogP contribution >= 0.6 is 0 Å². The molecular weight excluding hydrogens is 390 g/mol. The number of hydrogen-bond donors (Lipinski definition) is 2. The number of rotatable bonds is 9. The molecule has 1 aliphatic rings. The number of amides is 1. The second kappa shape index (κ2) is 9.87. The van der Waals surface area contributed by atoms with Crippen molar-refractivity contribution in [3.8, 4) is 0 Å². The highest BCUT2D eigenvalue weighted by atomic mass is 32.2. The summed E-state index contributed by atoms with van der Waals surface area (Å²) >= 11 is 0. The van der Waals surface area contributed by atoms with Crippen molar-refractivity contribution >= 4 is 15.9 Å². The lowest BCUT2D eigenvalue weighted by Crippen LogP contribution is -2.40. The van der Waals surface area contributed by atoms with E-state index in [0.717, 1.165) is 31.7 Å². The first-order chi connectivity index (χ1) is 14.0. The Morgan fingerprint density at radius 3 is 2.69 bits per heavy atom. The zero-order chi connectivity index (χ0) is 20.7. The summed E-state index contributed by atoms with van der Waals surface area (Å²) in [5.74, 6) is 0.399. The van der Waals surface area contributed by atoms with E-state index in [1.54, 1.807) is 24.5 Å². The number of nitrogens with one attached hydrogen (secondary N) is 2. The van der Waals surface area contributed by atoms with E-state index in [-0.39, 0.29) is 29.0 Å². The molecule has 1 aromatic carbocycles. The van der Waals surface area contributed by atoms with Gasteiger partial charge in [-0.2, -0.15) is 0 Å². The van der Waals surface area contributed by atoms with Crippen LogP contribution in [0.15, 0.2) is 64.6 Å². The van der Waals surface area contributed by atoms with Gasteiger partial charge in [0.15, 0.2) is 0 Å². The molecule has 1 saturated heterocycles. The standard InChI is InChI=1S/C21H27N3O4S/c1-2-11-22-21(25)17-8-6-9-18(15-17)29(26,27)23-16-19(20-10-7-14-28-20)24-12-4-3-5-13-24/h2,6-10,14-15,19,23H,1,3-5,11-13,16H2,(H,22,25). The normalized spacial score (nSPS) is 16.3. The van der Waals surface area contributed by atoms with Gasteiger partial charge in [0.1, 0.15) is 5.76 Å². The Balaban J connectivity index is 1.74. The van der Waals surface area contributed by atoms with Gasteiger partial charge in [0.25, 0.3) is 5.91 Å². The van der Waals surface area contributed by atoms with E-state index >= 15 is 0 Å². The number of likely N-dealkylation sites (tertiary alicyclic amines) is 1. The Hall–Kier alpha value is -2.42. The number of nitrogens with zero attached hydrogens (tertiary/aromatic N) is 1. The van der Waals surface area contributed by atoms with Gasteiger partial charge in [0, 0.05) is 18.7 Å². The molecule has 1 aromatic heterocycles. The van der Waals surface area contributed by atoms with Crippen molar-refractivity contribution in [1.82, 2.24) is 14.9 Å². The third-order valence-electron chi connectivity index (χ3n) is 4.98. The smallest absolute Gasteiger partial charge is 0.251 e. The molecule has 0 radical (unpaired) electrons. The van der Waals surface area contributed by atoms with Crippen LogP contribution in [0.2, 0.25) is 0 Å². The molecule has 8 heteroatoms. The molecule has 0 saturated carbocycles. The zero-order valence-electron chi connectivity index (χ0n) is 16.3. The van der Waals surface area contributed by atoms with Crippen molar-refractivity contribution in [2.75, 3.05) is 26.2 Å². The third kappa shape index (κ3) is 5.56. The molecule has 2 aromatic rings. The minimum atomic E-state index is -3.78. The molecule has 1 unspecified atom stereocenters. The van der Waals surface area contributed by atoms with Gasteiger partial charge >= 0.3 is 0 Å². The molecule has 7 nitrogen and oxygen atoms in total. The second-order valence-electron chi connectivity index (χ2n) is 7.01. The lowest BCUT2D eigenvalue weighted by molar-refractivity contribution is 0.0958. The molecule has 1 fully saturated rings. The first-order valence-corrected chi connectivity index (χ1v) is 11.3. The van der Waals surface area contributed by atoms with Crippen molar-refractivity contribution in [2.24, 2.45) is 0 Å². The Labute approximate surface area is 171 Å². The van der Waals surface area contributed by atoms with Crippen LogP contribution < -0.4 is 10.0 Å². The summed E-state index contributed by atoms with van der Waals surface area (Å²) in [7, 11) is -3.78. The SMILES string of the molecule is C=CCNC(=O)c1cccc(S(=O)(=O)NCC(c2ccco2)N2CCCCC2)c1. The molecule has 0 spiro atoms. The highest BCUT2D eigenvalue weighted by Crippen LogP contribution is 2.25. The zero-order valence-corrected chi connectivity index (χ0v) is 17.2. The van der Waals surface area contributed by atoms with Gasteiger partial charge in [0.2, 0.25) is 10.0 Å². The topological polar surface area (TPSA) is 91.6 Å². The van der Waals surface area contributed by atoms with Crippen LogP contribution in [0.3, 0.4) is 0 Å². The van der Waals surface area contributed by atoms with Crippen LogP contribution in [-0.4, -0.2) is 45.4 Å². The summed E-state index contributed by atoms with van der Waals surface area (Å²) in [5, 5.41) is 2.65. The average molecular weight is 418 g/mol. The maximum atomic E-state index is 12.9. The quantitative estimate of drug-likeness (QED) is 0.612. The van der Waals surface area contributed by atoms with Gasteiger partial charge in [-0.15, -0.1) is 6.58 Å². The lowest BCUT2D eigenvalue weighted by atomic mass is 10.1. The van der Waals surface area contributed by atoms with E-state index in [0.29, 0.717) is 6.54 Å². The van der Waals surface area contributed by atoms with Crippen molar-refractivity contribution < 1.29 is 17.6 Å². The van der Waals surface area contributed by atoms with Crippen molar-refractivity contribution in [1.29, 1.82) is 0 Å². The summed E-state index contributed by atoms with van der Waals surface area (Å²) in [6.45, 7) is 5.88. The number of carbonyl (C=O) groups excluding carboxylic acids is 1. The molecule has 29 heavy (non-hydrogen) atoms. The lowest BCUT2D eigenvalue weighted by Gasteiger charge is -2.33. The molecule has 2 N–H and O–H groups in total. The van der Waals surface area contributed by atoms with E-state index in [9.17, 15) is 13.2 Å². The van der Waals surface area contributed by atoms with Gasteiger partial charge in [-0.25, -0.2) is 13.1 Å². The van der Waals surface area contributed by atoms with E-state index in [4.69, 9.17) is 4.42 Å². The largest absolute Gasteiger partial charge is 0.468 e. The highest BCUT2D eigenvalue weighted by molar-refractivity contribution is 7.89. The van der Waals surface area contributed by atoms with Crippen LogP contribution in [0.5, 0.6) is 0 Å². The maximum Gasteiger partial charge on any atom is 0.251 e. The molecule has 1 atom stereocenters. The second-order valence-corrected chi connectivity index (χ2v) is 8.77.